The van der Waals surface area contributed by atoms with Crippen LogP contribution in [-0.4, -0.2) is 11.5 Å². The molecule has 0 aliphatic rings. The van der Waals surface area contributed by atoms with E-state index in [1.165, 1.54) is 0 Å². The second kappa shape index (κ2) is 4.95. The van der Waals surface area contributed by atoms with Crippen LogP contribution >= 0.6 is 22.9 Å². The van der Waals surface area contributed by atoms with Crippen LogP contribution in [0.4, 0.5) is 0 Å². The third-order valence-electron chi connectivity index (χ3n) is 2.45. The maximum absolute atomic E-state index is 6.12. The molecule has 16 heavy (non-hydrogen) atoms. The Morgan fingerprint density at radius 2 is 2.19 bits per heavy atom. The highest BCUT2D eigenvalue weighted by Crippen LogP contribution is 2.30. The lowest BCUT2D eigenvalue weighted by atomic mass is 10.1. The fraction of sp³-hybridized carbons (Fsp3) is 0.250. The summed E-state index contributed by atoms with van der Waals surface area (Å²) in [4.78, 5) is 4.57. The molecule has 0 aliphatic carbocycles. The average Bonchev–Trinajstić information content (AvgIpc) is 2.78. The third-order valence-corrected chi connectivity index (χ3v) is 3.85. The minimum absolute atomic E-state index is 0.307. The number of aromatic nitrogens is 1. The van der Waals surface area contributed by atoms with E-state index in [1.54, 1.807) is 11.3 Å². The van der Waals surface area contributed by atoms with Crippen LogP contribution in [0.1, 0.15) is 17.8 Å². The van der Waals surface area contributed by atoms with Crippen LogP contribution in [0, 0.1) is 0 Å². The van der Waals surface area contributed by atoms with Gasteiger partial charge < -0.3 is 5.73 Å². The van der Waals surface area contributed by atoms with Crippen molar-refractivity contribution in [1.82, 2.24) is 4.98 Å². The molecule has 0 bridgehead atoms. The van der Waals surface area contributed by atoms with Crippen molar-refractivity contribution >= 4 is 22.9 Å². The van der Waals surface area contributed by atoms with Gasteiger partial charge in [-0.25, -0.2) is 4.98 Å². The Balaban J connectivity index is 2.35. The van der Waals surface area contributed by atoms with E-state index in [4.69, 9.17) is 17.3 Å². The van der Waals surface area contributed by atoms with Crippen molar-refractivity contribution in [3.05, 3.63) is 39.7 Å². The summed E-state index contributed by atoms with van der Waals surface area (Å²) in [5, 5.41) is 3.83. The molecular weight excluding hydrogens is 240 g/mol. The Morgan fingerprint density at radius 1 is 1.44 bits per heavy atom. The van der Waals surface area contributed by atoms with Crippen LogP contribution in [0.2, 0.25) is 5.02 Å². The largest absolute Gasteiger partial charge is 0.330 e. The summed E-state index contributed by atoms with van der Waals surface area (Å²) in [7, 11) is 0. The van der Waals surface area contributed by atoms with E-state index < -0.39 is 0 Å². The summed E-state index contributed by atoms with van der Waals surface area (Å²) in [6, 6.07) is 7.74. The van der Waals surface area contributed by atoms with Crippen LogP contribution in [-0.2, 0) is 0 Å². The lowest BCUT2D eigenvalue weighted by Crippen LogP contribution is -2.08. The van der Waals surface area contributed by atoms with Gasteiger partial charge in [0.1, 0.15) is 0 Å². The molecule has 1 heterocycles. The molecular formula is C12H13ClN2S. The van der Waals surface area contributed by atoms with E-state index >= 15 is 0 Å². The number of nitrogens with zero attached hydrogens (tertiary/aromatic N) is 1. The highest BCUT2D eigenvalue weighted by atomic mass is 35.5. The summed E-state index contributed by atoms with van der Waals surface area (Å²) >= 11 is 7.76. The van der Waals surface area contributed by atoms with Crippen LogP contribution in [0.25, 0.3) is 11.3 Å². The van der Waals surface area contributed by atoms with Gasteiger partial charge in [-0.2, -0.15) is 0 Å². The molecule has 0 saturated carbocycles. The molecule has 0 aliphatic heterocycles. The van der Waals surface area contributed by atoms with Crippen molar-refractivity contribution < 1.29 is 0 Å². The Hall–Kier alpha value is -0.900. The highest BCUT2D eigenvalue weighted by molar-refractivity contribution is 7.10. The summed E-state index contributed by atoms with van der Waals surface area (Å²) < 4.78 is 0. The van der Waals surface area contributed by atoms with Gasteiger partial charge in [0.2, 0.25) is 0 Å². The van der Waals surface area contributed by atoms with E-state index in [0.29, 0.717) is 12.5 Å². The highest BCUT2D eigenvalue weighted by Gasteiger charge is 2.11. The number of nitrogens with two attached hydrogens (primary N) is 1. The molecule has 1 aromatic heterocycles. The smallest absolute Gasteiger partial charge is 0.0973 e. The molecule has 4 heteroatoms. The van der Waals surface area contributed by atoms with E-state index in [0.717, 1.165) is 21.3 Å². The molecule has 2 nitrogen and oxygen atoms in total. The number of thiazole rings is 1. The second-order valence-electron chi connectivity index (χ2n) is 3.69. The zero-order valence-corrected chi connectivity index (χ0v) is 10.6. The molecule has 0 radical (unpaired) electrons. The molecule has 2 aromatic rings. The van der Waals surface area contributed by atoms with Gasteiger partial charge in [0.05, 0.1) is 10.7 Å². The second-order valence-corrected chi connectivity index (χ2v) is 4.98. The van der Waals surface area contributed by atoms with Crippen molar-refractivity contribution in [3.8, 4) is 11.3 Å². The summed E-state index contributed by atoms with van der Waals surface area (Å²) in [6.45, 7) is 2.70. The van der Waals surface area contributed by atoms with E-state index in [9.17, 15) is 0 Å². The molecule has 1 atom stereocenters. The maximum Gasteiger partial charge on any atom is 0.0973 e. The fourth-order valence-corrected chi connectivity index (χ4v) is 2.53. The minimum Gasteiger partial charge on any atom is -0.330 e. The van der Waals surface area contributed by atoms with Gasteiger partial charge in [-0.05, 0) is 6.07 Å². The number of halogens is 1. The predicted octanol–water partition coefficient (Wildman–Crippen LogP) is 3.53. The molecule has 1 aromatic carbocycles. The van der Waals surface area contributed by atoms with Gasteiger partial charge in [0.25, 0.3) is 0 Å². The van der Waals surface area contributed by atoms with Crippen LogP contribution in [0.15, 0.2) is 29.6 Å². The normalized spacial score (nSPS) is 12.7. The zero-order chi connectivity index (χ0) is 11.5. The van der Waals surface area contributed by atoms with Crippen LogP contribution in [0.3, 0.4) is 0 Å². The molecule has 0 saturated heterocycles. The van der Waals surface area contributed by atoms with E-state index in [-0.39, 0.29) is 0 Å². The molecule has 2 rings (SSSR count). The first-order valence-electron chi connectivity index (χ1n) is 5.12. The van der Waals surface area contributed by atoms with Crippen molar-refractivity contribution in [3.63, 3.8) is 0 Å². The fourth-order valence-electron chi connectivity index (χ4n) is 1.41. The topological polar surface area (TPSA) is 38.9 Å². The van der Waals surface area contributed by atoms with Crippen LogP contribution < -0.4 is 5.73 Å². The van der Waals surface area contributed by atoms with Gasteiger partial charge in [-0.1, -0.05) is 36.7 Å². The standard InChI is InChI=1S/C12H13ClN2S/c1-8(6-14)12-15-11(7-16-12)9-4-2-3-5-10(9)13/h2-5,7-8H,6,14H2,1H3. The molecule has 0 spiro atoms. The number of hydrogen-bond acceptors (Lipinski definition) is 3. The number of rotatable bonds is 3. The van der Waals surface area contributed by atoms with Gasteiger partial charge in [0.15, 0.2) is 0 Å². The zero-order valence-electron chi connectivity index (χ0n) is 8.98. The molecule has 0 amide bonds. The number of hydrogen-bond donors (Lipinski definition) is 1. The first-order chi connectivity index (χ1) is 7.72. The van der Waals surface area contributed by atoms with Gasteiger partial charge >= 0.3 is 0 Å². The third kappa shape index (κ3) is 2.26. The van der Waals surface area contributed by atoms with Crippen molar-refractivity contribution in [2.75, 3.05) is 6.54 Å². The Bertz CT molecular complexity index is 481. The molecule has 1 unspecified atom stereocenters. The maximum atomic E-state index is 6.12. The summed E-state index contributed by atoms with van der Waals surface area (Å²) in [6.07, 6.45) is 0. The van der Waals surface area contributed by atoms with Gasteiger partial charge in [-0.15, -0.1) is 11.3 Å². The Morgan fingerprint density at radius 3 is 2.88 bits per heavy atom. The predicted molar refractivity (Wildman–Crippen MR) is 70.0 cm³/mol. The SMILES string of the molecule is CC(CN)c1nc(-c2ccccc2Cl)cs1. The summed E-state index contributed by atoms with van der Waals surface area (Å²) in [5.74, 6) is 0.307. The van der Waals surface area contributed by atoms with E-state index in [2.05, 4.69) is 11.9 Å². The van der Waals surface area contributed by atoms with Crippen LogP contribution in [0.5, 0.6) is 0 Å². The van der Waals surface area contributed by atoms with Crippen molar-refractivity contribution in [2.24, 2.45) is 5.73 Å². The van der Waals surface area contributed by atoms with E-state index in [1.807, 2.05) is 29.6 Å². The van der Waals surface area contributed by atoms with Gasteiger partial charge in [0, 0.05) is 28.4 Å². The van der Waals surface area contributed by atoms with Gasteiger partial charge in [-0.3, -0.25) is 0 Å². The Labute approximate surface area is 104 Å². The monoisotopic (exact) mass is 252 g/mol. The van der Waals surface area contributed by atoms with Crippen molar-refractivity contribution in [1.29, 1.82) is 0 Å². The Kier molecular flexibility index (Phi) is 3.59. The quantitative estimate of drug-likeness (QED) is 0.908. The lowest BCUT2D eigenvalue weighted by Gasteiger charge is -2.02. The molecule has 0 fully saturated rings. The molecule has 2 N–H and O–H groups in total. The number of benzene rings is 1. The minimum atomic E-state index is 0.307. The first kappa shape index (κ1) is 11.6. The summed E-state index contributed by atoms with van der Waals surface area (Å²) in [5.41, 5.74) is 7.54. The lowest BCUT2D eigenvalue weighted by molar-refractivity contribution is 0.766. The first-order valence-corrected chi connectivity index (χ1v) is 6.38. The molecule has 84 valence electrons. The van der Waals surface area contributed by atoms with Crippen molar-refractivity contribution in [2.45, 2.75) is 12.8 Å². The average molecular weight is 253 g/mol.